The first-order valence-electron chi connectivity index (χ1n) is 8.97. The first kappa shape index (κ1) is 17.7. The van der Waals surface area contributed by atoms with Gasteiger partial charge in [-0.3, -0.25) is 4.79 Å². The maximum atomic E-state index is 12.9. The fourth-order valence-electron chi connectivity index (χ4n) is 3.25. The molecule has 28 heavy (non-hydrogen) atoms. The van der Waals surface area contributed by atoms with Crippen molar-refractivity contribution in [2.75, 3.05) is 0 Å². The fourth-order valence-corrected chi connectivity index (χ4v) is 3.25. The Hall–Kier alpha value is -3.67. The molecule has 0 saturated heterocycles. The third-order valence-electron chi connectivity index (χ3n) is 4.66. The first-order valence-corrected chi connectivity index (χ1v) is 8.97. The van der Waals surface area contributed by atoms with Crippen LogP contribution in [0.25, 0.3) is 16.6 Å². The summed E-state index contributed by atoms with van der Waals surface area (Å²) in [4.78, 5) is 28.6. The van der Waals surface area contributed by atoms with Crippen LogP contribution in [0.4, 0.5) is 0 Å². The molecule has 2 aromatic carbocycles. The number of ketones is 1. The molecule has 1 unspecified atom stereocenters. The Balaban J connectivity index is 1.51. The molecular weight excluding hydrogens is 354 g/mol. The summed E-state index contributed by atoms with van der Waals surface area (Å²) in [5, 5.41) is 4.98. The summed E-state index contributed by atoms with van der Waals surface area (Å²) < 4.78 is 7.13. The van der Waals surface area contributed by atoms with E-state index in [2.05, 4.69) is 10.1 Å². The van der Waals surface area contributed by atoms with Crippen LogP contribution in [0.1, 0.15) is 33.3 Å². The molecule has 0 aliphatic rings. The molecule has 0 fully saturated rings. The molecule has 2 heterocycles. The normalized spacial score (nSPS) is 12.1. The smallest absolute Gasteiger partial charge is 0.338 e. The number of H-pyrrole nitrogens is 1. The van der Waals surface area contributed by atoms with E-state index < -0.39 is 12.1 Å². The van der Waals surface area contributed by atoms with Gasteiger partial charge in [0.05, 0.1) is 11.3 Å². The average Bonchev–Trinajstić information content (AvgIpc) is 3.34. The monoisotopic (exact) mass is 373 g/mol. The zero-order chi connectivity index (χ0) is 19.7. The van der Waals surface area contributed by atoms with Crippen LogP contribution in [0.2, 0.25) is 0 Å². The largest absolute Gasteiger partial charge is 0.451 e. The molecule has 4 rings (SSSR count). The van der Waals surface area contributed by atoms with Crippen LogP contribution in [0, 0.1) is 6.92 Å². The number of aryl methyl sites for hydroxylation is 1. The molecule has 0 spiro atoms. The summed E-state index contributed by atoms with van der Waals surface area (Å²) >= 11 is 0. The van der Waals surface area contributed by atoms with Gasteiger partial charge in [-0.15, -0.1) is 0 Å². The summed E-state index contributed by atoms with van der Waals surface area (Å²) in [7, 11) is 0. The number of hydrogen-bond donors (Lipinski definition) is 1. The van der Waals surface area contributed by atoms with Crippen LogP contribution in [0.15, 0.2) is 67.0 Å². The van der Waals surface area contributed by atoms with E-state index >= 15 is 0 Å². The highest BCUT2D eigenvalue weighted by Crippen LogP contribution is 2.24. The molecule has 1 N–H and O–H groups in total. The third kappa shape index (κ3) is 3.20. The number of aromatic amines is 1. The van der Waals surface area contributed by atoms with E-state index in [9.17, 15) is 9.59 Å². The summed E-state index contributed by atoms with van der Waals surface area (Å²) in [5.74, 6) is -0.762. The number of nitrogens with zero attached hydrogens (tertiary/aromatic N) is 2. The molecule has 0 aliphatic heterocycles. The molecule has 1 atom stereocenters. The SMILES string of the molecule is Cc1[nH]c2ccccc2c1C(=O)C(C)OC(=O)c1ccc(-n2cccn2)cc1. The molecule has 6 nitrogen and oxygen atoms in total. The number of carbonyl (C=O) groups is 2. The van der Waals surface area contributed by atoms with E-state index in [4.69, 9.17) is 4.74 Å². The van der Waals surface area contributed by atoms with Crippen molar-refractivity contribution >= 4 is 22.7 Å². The topological polar surface area (TPSA) is 77.0 Å². The Kier molecular flexibility index (Phi) is 4.53. The zero-order valence-electron chi connectivity index (χ0n) is 15.5. The van der Waals surface area contributed by atoms with Gasteiger partial charge >= 0.3 is 5.97 Å². The Bertz CT molecular complexity index is 1140. The average molecular weight is 373 g/mol. The second-order valence-electron chi connectivity index (χ2n) is 6.58. The number of rotatable bonds is 5. The molecule has 0 aliphatic carbocycles. The number of hydrogen-bond acceptors (Lipinski definition) is 4. The van der Waals surface area contributed by atoms with Crippen LogP contribution in [0.5, 0.6) is 0 Å². The second-order valence-corrected chi connectivity index (χ2v) is 6.58. The number of fused-ring (bicyclic) bond motifs is 1. The maximum Gasteiger partial charge on any atom is 0.338 e. The highest BCUT2D eigenvalue weighted by Gasteiger charge is 2.24. The first-order chi connectivity index (χ1) is 13.5. The van der Waals surface area contributed by atoms with Crippen molar-refractivity contribution in [1.82, 2.24) is 14.8 Å². The van der Waals surface area contributed by atoms with E-state index in [-0.39, 0.29) is 5.78 Å². The van der Waals surface area contributed by atoms with Crippen molar-refractivity contribution in [3.05, 3.63) is 83.8 Å². The molecule has 0 saturated carbocycles. The van der Waals surface area contributed by atoms with Gasteiger partial charge in [-0.1, -0.05) is 18.2 Å². The number of esters is 1. The molecule has 0 bridgehead atoms. The van der Waals surface area contributed by atoms with Crippen molar-refractivity contribution in [3.63, 3.8) is 0 Å². The van der Waals surface area contributed by atoms with Crippen molar-refractivity contribution in [3.8, 4) is 5.69 Å². The molecule has 140 valence electrons. The molecule has 2 aromatic heterocycles. The van der Waals surface area contributed by atoms with Crippen LogP contribution in [-0.2, 0) is 4.74 Å². The van der Waals surface area contributed by atoms with Gasteiger partial charge in [0.15, 0.2) is 6.10 Å². The van der Waals surface area contributed by atoms with Crippen LogP contribution in [0.3, 0.4) is 0 Å². The summed E-state index contributed by atoms with van der Waals surface area (Å²) in [6.45, 7) is 3.44. The molecule has 0 radical (unpaired) electrons. The second kappa shape index (κ2) is 7.15. The number of carbonyl (C=O) groups excluding carboxylic acids is 2. The molecule has 6 heteroatoms. The lowest BCUT2D eigenvalue weighted by atomic mass is 10.0. The predicted octanol–water partition coefficient (Wildman–Crippen LogP) is 4.09. The Labute approximate surface area is 161 Å². The quantitative estimate of drug-likeness (QED) is 0.422. The van der Waals surface area contributed by atoms with Gasteiger partial charge in [-0.25, -0.2) is 9.48 Å². The third-order valence-corrected chi connectivity index (χ3v) is 4.66. The van der Waals surface area contributed by atoms with Gasteiger partial charge in [-0.05, 0) is 50.2 Å². The molecule has 0 amide bonds. The van der Waals surface area contributed by atoms with Crippen LogP contribution < -0.4 is 0 Å². The standard InChI is InChI=1S/C22H19N3O3/c1-14-20(18-6-3-4-7-19(18)24-14)21(26)15(2)28-22(27)16-8-10-17(11-9-16)25-13-5-12-23-25/h3-13,15,24H,1-2H3. The maximum absolute atomic E-state index is 12.9. The van der Waals surface area contributed by atoms with Crippen molar-refractivity contribution in [1.29, 1.82) is 0 Å². The zero-order valence-corrected chi connectivity index (χ0v) is 15.5. The van der Waals surface area contributed by atoms with Crippen LogP contribution in [-0.4, -0.2) is 32.6 Å². The number of ether oxygens (including phenoxy) is 1. The van der Waals surface area contributed by atoms with Crippen molar-refractivity contribution < 1.29 is 14.3 Å². The van der Waals surface area contributed by atoms with Crippen molar-refractivity contribution in [2.45, 2.75) is 20.0 Å². The number of aromatic nitrogens is 3. The Morgan fingerprint density at radius 3 is 2.54 bits per heavy atom. The lowest BCUT2D eigenvalue weighted by Crippen LogP contribution is -2.25. The minimum absolute atomic E-state index is 0.225. The van der Waals surface area contributed by atoms with E-state index in [1.807, 2.05) is 43.5 Å². The minimum Gasteiger partial charge on any atom is -0.451 e. The predicted molar refractivity (Wildman–Crippen MR) is 106 cm³/mol. The fraction of sp³-hybridized carbons (Fsp3) is 0.136. The lowest BCUT2D eigenvalue weighted by molar-refractivity contribution is 0.0319. The minimum atomic E-state index is -0.892. The Morgan fingerprint density at radius 2 is 1.82 bits per heavy atom. The molecule has 4 aromatic rings. The van der Waals surface area contributed by atoms with Gasteiger partial charge in [-0.2, -0.15) is 5.10 Å². The van der Waals surface area contributed by atoms with Gasteiger partial charge < -0.3 is 9.72 Å². The van der Waals surface area contributed by atoms with E-state index in [0.29, 0.717) is 11.1 Å². The van der Waals surface area contributed by atoms with Gasteiger partial charge in [0.2, 0.25) is 5.78 Å². The number of Topliss-reactive ketones (excluding diaryl/α,β-unsaturated/α-hetero) is 1. The number of nitrogens with one attached hydrogen (secondary N) is 1. The highest BCUT2D eigenvalue weighted by molar-refractivity contribution is 6.11. The van der Waals surface area contributed by atoms with E-state index in [0.717, 1.165) is 22.3 Å². The van der Waals surface area contributed by atoms with Gasteiger partial charge in [0, 0.05) is 34.6 Å². The summed E-state index contributed by atoms with van der Waals surface area (Å²) in [5.41, 5.74) is 3.42. The van der Waals surface area contributed by atoms with E-state index in [1.165, 1.54) is 0 Å². The number of para-hydroxylation sites is 1. The number of benzene rings is 2. The van der Waals surface area contributed by atoms with Gasteiger partial charge in [0.25, 0.3) is 0 Å². The molecular formula is C22H19N3O3. The summed E-state index contributed by atoms with van der Waals surface area (Å²) in [6, 6.07) is 16.3. The Morgan fingerprint density at radius 1 is 1.07 bits per heavy atom. The highest BCUT2D eigenvalue weighted by atomic mass is 16.5. The summed E-state index contributed by atoms with van der Waals surface area (Å²) in [6.07, 6.45) is 2.61. The van der Waals surface area contributed by atoms with E-state index in [1.54, 1.807) is 42.1 Å². The van der Waals surface area contributed by atoms with Gasteiger partial charge in [0.1, 0.15) is 0 Å². The van der Waals surface area contributed by atoms with Crippen LogP contribution >= 0.6 is 0 Å². The lowest BCUT2D eigenvalue weighted by Gasteiger charge is -2.13. The van der Waals surface area contributed by atoms with Crippen molar-refractivity contribution in [2.24, 2.45) is 0 Å².